The Kier molecular flexibility index (Phi) is 3.44. The third-order valence-electron chi connectivity index (χ3n) is 2.40. The maximum atomic E-state index is 5.74. The minimum Gasteiger partial charge on any atom is -0.495 e. The fraction of sp³-hybridized carbons (Fsp3) is 0.182. The summed E-state index contributed by atoms with van der Waals surface area (Å²) >= 11 is 6.92. The summed E-state index contributed by atoms with van der Waals surface area (Å²) in [6.45, 7) is 1.92. The number of methoxy groups -OCH3 is 1. The van der Waals surface area contributed by atoms with Crippen molar-refractivity contribution in [3.63, 3.8) is 0 Å². The molecule has 0 aliphatic heterocycles. The lowest BCUT2D eigenvalue weighted by Gasteiger charge is -2.09. The minimum absolute atomic E-state index is 0.527. The van der Waals surface area contributed by atoms with Crippen LogP contribution in [0, 0.1) is 6.92 Å². The van der Waals surface area contributed by atoms with E-state index >= 15 is 0 Å². The number of aromatic nitrogens is 2. The first-order chi connectivity index (χ1) is 8.02. The van der Waals surface area contributed by atoms with Gasteiger partial charge in [0.15, 0.2) is 0 Å². The number of nitrogen functional groups attached to an aromatic ring is 1. The monoisotopic (exact) mass is 359 g/mol. The molecule has 0 fully saturated rings. The molecule has 0 unspecified atom stereocenters. The summed E-state index contributed by atoms with van der Waals surface area (Å²) in [5.41, 5.74) is 7.56. The average Bonchev–Trinajstić information content (AvgIpc) is 2.59. The summed E-state index contributed by atoms with van der Waals surface area (Å²) in [7, 11) is 1.63. The summed E-state index contributed by atoms with van der Waals surface area (Å²) in [5.74, 6) is 1.27. The van der Waals surface area contributed by atoms with Crippen molar-refractivity contribution in [2.24, 2.45) is 0 Å². The summed E-state index contributed by atoms with van der Waals surface area (Å²) in [4.78, 5) is 0. The van der Waals surface area contributed by atoms with E-state index in [1.807, 2.05) is 25.3 Å². The number of nitrogens with two attached hydrogens (primary N) is 1. The molecule has 0 amide bonds. The van der Waals surface area contributed by atoms with Crippen molar-refractivity contribution >= 4 is 37.7 Å². The fourth-order valence-corrected chi connectivity index (χ4v) is 2.78. The smallest absolute Gasteiger partial charge is 0.148 e. The molecule has 6 heteroatoms. The quantitative estimate of drug-likeness (QED) is 0.893. The van der Waals surface area contributed by atoms with Crippen molar-refractivity contribution in [1.82, 2.24) is 9.78 Å². The molecule has 4 nitrogen and oxygen atoms in total. The normalized spacial score (nSPS) is 10.6. The van der Waals surface area contributed by atoms with Gasteiger partial charge in [0, 0.05) is 22.3 Å². The molecule has 0 spiro atoms. The van der Waals surface area contributed by atoms with Crippen LogP contribution in [-0.4, -0.2) is 16.9 Å². The Labute approximate surface area is 116 Å². The lowest BCUT2D eigenvalue weighted by molar-refractivity contribution is 0.411. The van der Waals surface area contributed by atoms with Gasteiger partial charge in [-0.15, -0.1) is 0 Å². The third-order valence-corrected chi connectivity index (χ3v) is 3.66. The highest BCUT2D eigenvalue weighted by molar-refractivity contribution is 9.11. The number of anilines is 1. The SMILES string of the molecule is COc1cc(-n2cc(C)c(N)n2)c(Br)cc1Br. The molecule has 0 atom stereocenters. The number of nitrogens with zero attached hydrogens (tertiary/aromatic N) is 2. The molecule has 0 saturated heterocycles. The van der Waals surface area contributed by atoms with Gasteiger partial charge in [0.2, 0.25) is 0 Å². The van der Waals surface area contributed by atoms with E-state index < -0.39 is 0 Å². The van der Waals surface area contributed by atoms with Crippen LogP contribution in [0.4, 0.5) is 5.82 Å². The van der Waals surface area contributed by atoms with Gasteiger partial charge in [0.1, 0.15) is 11.6 Å². The van der Waals surface area contributed by atoms with Crippen LogP contribution < -0.4 is 10.5 Å². The topological polar surface area (TPSA) is 53.1 Å². The number of aryl methyl sites for hydroxylation is 1. The van der Waals surface area contributed by atoms with E-state index in [0.717, 1.165) is 25.9 Å². The van der Waals surface area contributed by atoms with Crippen LogP contribution in [0.1, 0.15) is 5.56 Å². The lowest BCUT2D eigenvalue weighted by Crippen LogP contribution is -1.98. The summed E-state index contributed by atoms with van der Waals surface area (Å²) in [6.07, 6.45) is 1.88. The highest BCUT2D eigenvalue weighted by Gasteiger charge is 2.11. The van der Waals surface area contributed by atoms with Crippen LogP contribution in [0.15, 0.2) is 27.3 Å². The predicted molar refractivity (Wildman–Crippen MR) is 74.7 cm³/mol. The molecule has 0 bridgehead atoms. The fourth-order valence-electron chi connectivity index (χ4n) is 1.45. The molecule has 17 heavy (non-hydrogen) atoms. The van der Waals surface area contributed by atoms with E-state index in [1.165, 1.54) is 0 Å². The molecule has 0 aliphatic carbocycles. The van der Waals surface area contributed by atoms with Crippen molar-refractivity contribution in [3.8, 4) is 11.4 Å². The molecule has 90 valence electrons. The molecule has 0 aliphatic rings. The van der Waals surface area contributed by atoms with Crippen LogP contribution in [0.2, 0.25) is 0 Å². The van der Waals surface area contributed by atoms with E-state index in [-0.39, 0.29) is 0 Å². The number of halogens is 2. The second-order valence-corrected chi connectivity index (χ2v) is 5.29. The second kappa shape index (κ2) is 4.70. The van der Waals surface area contributed by atoms with E-state index in [9.17, 15) is 0 Å². The molecule has 1 aromatic carbocycles. The predicted octanol–water partition coefficient (Wildman–Crippen LogP) is 3.30. The van der Waals surface area contributed by atoms with Crippen LogP contribution in [-0.2, 0) is 0 Å². The molecule has 2 N–H and O–H groups in total. The van der Waals surface area contributed by atoms with E-state index in [0.29, 0.717) is 5.82 Å². The molecular formula is C11H11Br2N3O. The zero-order valence-corrected chi connectivity index (χ0v) is 12.5. The molecule has 0 saturated carbocycles. The van der Waals surface area contributed by atoms with Gasteiger partial charge in [-0.25, -0.2) is 4.68 Å². The van der Waals surface area contributed by atoms with Crippen molar-refractivity contribution in [2.45, 2.75) is 6.92 Å². The molecular weight excluding hydrogens is 350 g/mol. The number of ether oxygens (including phenoxy) is 1. The van der Waals surface area contributed by atoms with E-state index in [2.05, 4.69) is 37.0 Å². The summed E-state index contributed by atoms with van der Waals surface area (Å²) in [5, 5.41) is 4.24. The Morgan fingerprint density at radius 1 is 1.29 bits per heavy atom. The van der Waals surface area contributed by atoms with Crippen molar-refractivity contribution in [2.75, 3.05) is 12.8 Å². The van der Waals surface area contributed by atoms with Gasteiger partial charge >= 0.3 is 0 Å². The van der Waals surface area contributed by atoms with Gasteiger partial charge in [-0.05, 0) is 44.8 Å². The Hall–Kier alpha value is -1.01. The number of hydrogen-bond donors (Lipinski definition) is 1. The molecule has 1 heterocycles. The zero-order chi connectivity index (χ0) is 12.6. The average molecular weight is 361 g/mol. The first-order valence-electron chi connectivity index (χ1n) is 4.88. The van der Waals surface area contributed by atoms with Crippen LogP contribution in [0.3, 0.4) is 0 Å². The van der Waals surface area contributed by atoms with Gasteiger partial charge in [-0.2, -0.15) is 5.10 Å². The van der Waals surface area contributed by atoms with E-state index in [1.54, 1.807) is 11.8 Å². The molecule has 0 radical (unpaired) electrons. The standard InChI is InChI=1S/C11H11Br2N3O/c1-6-5-16(15-11(6)14)9-4-10(17-2)8(13)3-7(9)12/h3-5H,1-2H3,(H2,14,15). The number of hydrogen-bond acceptors (Lipinski definition) is 3. The van der Waals surface area contributed by atoms with Gasteiger partial charge in [0.05, 0.1) is 17.3 Å². The van der Waals surface area contributed by atoms with E-state index in [4.69, 9.17) is 10.5 Å². The molecule has 2 aromatic rings. The highest BCUT2D eigenvalue weighted by atomic mass is 79.9. The third kappa shape index (κ3) is 2.32. The summed E-state index contributed by atoms with van der Waals surface area (Å²) < 4.78 is 8.78. The van der Waals surface area contributed by atoms with Gasteiger partial charge in [-0.3, -0.25) is 0 Å². The zero-order valence-electron chi connectivity index (χ0n) is 9.37. The number of rotatable bonds is 2. The first-order valence-corrected chi connectivity index (χ1v) is 6.46. The largest absolute Gasteiger partial charge is 0.495 e. The lowest BCUT2D eigenvalue weighted by atomic mass is 10.3. The summed E-state index contributed by atoms with van der Waals surface area (Å²) in [6, 6.07) is 3.81. The first kappa shape index (κ1) is 12.4. The maximum absolute atomic E-state index is 5.74. The van der Waals surface area contributed by atoms with Crippen molar-refractivity contribution in [3.05, 3.63) is 32.8 Å². The van der Waals surface area contributed by atoms with Gasteiger partial charge in [0.25, 0.3) is 0 Å². The van der Waals surface area contributed by atoms with Crippen LogP contribution in [0.25, 0.3) is 5.69 Å². The Bertz CT molecular complexity index is 547. The Morgan fingerprint density at radius 2 is 2.00 bits per heavy atom. The minimum atomic E-state index is 0.527. The highest BCUT2D eigenvalue weighted by Crippen LogP contribution is 2.33. The molecule has 1 aromatic heterocycles. The van der Waals surface area contributed by atoms with Crippen LogP contribution in [0.5, 0.6) is 5.75 Å². The van der Waals surface area contributed by atoms with Gasteiger partial charge < -0.3 is 10.5 Å². The molecule has 2 rings (SSSR count). The van der Waals surface area contributed by atoms with Crippen molar-refractivity contribution in [1.29, 1.82) is 0 Å². The Balaban J connectivity index is 2.58. The van der Waals surface area contributed by atoms with Gasteiger partial charge in [-0.1, -0.05) is 0 Å². The van der Waals surface area contributed by atoms with Crippen molar-refractivity contribution < 1.29 is 4.74 Å². The maximum Gasteiger partial charge on any atom is 0.148 e. The second-order valence-electron chi connectivity index (χ2n) is 3.58. The van der Waals surface area contributed by atoms with Crippen LogP contribution >= 0.6 is 31.9 Å². The Morgan fingerprint density at radius 3 is 2.53 bits per heavy atom. The number of benzene rings is 1.